The Hall–Kier alpha value is -3.39. The molecule has 0 amide bonds. The van der Waals surface area contributed by atoms with Crippen molar-refractivity contribution < 1.29 is 17.2 Å². The maximum atomic E-state index is 14.7. The van der Waals surface area contributed by atoms with E-state index in [2.05, 4.69) is 15.7 Å². The van der Waals surface area contributed by atoms with E-state index in [0.29, 0.717) is 16.8 Å². The molecule has 0 bridgehead atoms. The summed E-state index contributed by atoms with van der Waals surface area (Å²) in [6, 6.07) is 16.8. The Kier molecular flexibility index (Phi) is 5.77. The molecular formula is C26H25F2N3O2S. The van der Waals surface area contributed by atoms with Gasteiger partial charge in [0.1, 0.15) is 11.6 Å². The second-order valence-electron chi connectivity index (χ2n) is 8.74. The van der Waals surface area contributed by atoms with Crippen molar-refractivity contribution in [2.24, 2.45) is 0 Å². The van der Waals surface area contributed by atoms with E-state index in [9.17, 15) is 17.2 Å². The molecule has 0 radical (unpaired) electrons. The zero-order valence-corrected chi connectivity index (χ0v) is 19.6. The van der Waals surface area contributed by atoms with Crippen LogP contribution in [0.5, 0.6) is 0 Å². The van der Waals surface area contributed by atoms with E-state index in [4.69, 9.17) is 0 Å². The zero-order chi connectivity index (χ0) is 23.9. The van der Waals surface area contributed by atoms with Crippen LogP contribution in [-0.4, -0.2) is 32.3 Å². The number of halogens is 2. The maximum absolute atomic E-state index is 14.7. The summed E-state index contributed by atoms with van der Waals surface area (Å²) in [6.45, 7) is 1.84. The molecule has 0 spiro atoms. The van der Waals surface area contributed by atoms with Crippen molar-refractivity contribution in [1.29, 1.82) is 0 Å². The first-order chi connectivity index (χ1) is 16.3. The second kappa shape index (κ2) is 8.76. The predicted octanol–water partition coefficient (Wildman–Crippen LogP) is 5.94. The number of rotatable bonds is 5. The third-order valence-electron chi connectivity index (χ3n) is 6.14. The SMILES string of the molecule is CS(=O)(=O)Nc1ccc2ccn(-c3cc(-c4ccc(F)cc4F)cc(N4CCCCC4)c3)c2c1. The molecule has 5 rings (SSSR count). The minimum Gasteiger partial charge on any atom is -0.371 e. The summed E-state index contributed by atoms with van der Waals surface area (Å²) >= 11 is 0. The van der Waals surface area contributed by atoms with E-state index in [1.165, 1.54) is 18.6 Å². The standard InChI is InChI=1S/C26H25F2N3O2S/c1-34(32,33)29-21-7-5-18-9-12-31(26(18)16-21)23-14-19(24-8-6-20(27)15-25(24)28)13-22(17-23)30-10-3-2-4-11-30/h5-9,12-17,29H,2-4,10-11H2,1H3. The Morgan fingerprint density at radius 1 is 0.853 bits per heavy atom. The van der Waals surface area contributed by atoms with E-state index in [0.717, 1.165) is 60.5 Å². The monoisotopic (exact) mass is 481 g/mol. The van der Waals surface area contributed by atoms with Crippen molar-refractivity contribution in [3.8, 4) is 16.8 Å². The van der Waals surface area contributed by atoms with Gasteiger partial charge >= 0.3 is 0 Å². The summed E-state index contributed by atoms with van der Waals surface area (Å²) in [5, 5.41) is 0.942. The van der Waals surface area contributed by atoms with Crippen molar-refractivity contribution >= 4 is 32.3 Å². The smallest absolute Gasteiger partial charge is 0.229 e. The molecule has 0 atom stereocenters. The lowest BCUT2D eigenvalue weighted by Crippen LogP contribution is -2.29. The summed E-state index contributed by atoms with van der Waals surface area (Å²) in [5.74, 6) is -1.23. The normalized spacial score (nSPS) is 14.5. The Labute approximate surface area is 197 Å². The average molecular weight is 482 g/mol. The van der Waals surface area contributed by atoms with Crippen LogP contribution in [0.1, 0.15) is 19.3 Å². The topological polar surface area (TPSA) is 54.3 Å². The number of benzene rings is 3. The van der Waals surface area contributed by atoms with Crippen LogP contribution in [-0.2, 0) is 10.0 Å². The number of nitrogens with one attached hydrogen (secondary N) is 1. The lowest BCUT2D eigenvalue weighted by molar-refractivity contribution is 0.577. The van der Waals surface area contributed by atoms with Gasteiger partial charge in [0.05, 0.1) is 17.5 Å². The zero-order valence-electron chi connectivity index (χ0n) is 18.8. The van der Waals surface area contributed by atoms with Crippen LogP contribution in [0.15, 0.2) is 66.9 Å². The largest absolute Gasteiger partial charge is 0.371 e. The number of hydrogen-bond donors (Lipinski definition) is 1. The van der Waals surface area contributed by atoms with Crippen LogP contribution in [0, 0.1) is 11.6 Å². The number of piperidine rings is 1. The van der Waals surface area contributed by atoms with Gasteiger partial charge in [-0.25, -0.2) is 17.2 Å². The molecule has 5 nitrogen and oxygen atoms in total. The van der Waals surface area contributed by atoms with Crippen LogP contribution in [0.3, 0.4) is 0 Å². The molecule has 8 heteroatoms. The summed E-state index contributed by atoms with van der Waals surface area (Å²) in [5.41, 5.74) is 4.05. The first-order valence-corrected chi connectivity index (χ1v) is 13.1. The van der Waals surface area contributed by atoms with Crippen LogP contribution in [0.2, 0.25) is 0 Å². The number of nitrogens with zero attached hydrogens (tertiary/aromatic N) is 2. The van der Waals surface area contributed by atoms with Crippen LogP contribution in [0.4, 0.5) is 20.2 Å². The Bertz CT molecular complexity index is 1470. The molecule has 0 unspecified atom stereocenters. The fourth-order valence-corrected chi connectivity index (χ4v) is 5.13. The van der Waals surface area contributed by atoms with Crippen LogP contribution in [0.25, 0.3) is 27.7 Å². The number of hydrogen-bond acceptors (Lipinski definition) is 3. The molecule has 1 fully saturated rings. The summed E-state index contributed by atoms with van der Waals surface area (Å²) < 4.78 is 56.2. The van der Waals surface area contributed by atoms with Gasteiger partial charge in [0, 0.05) is 47.7 Å². The first-order valence-electron chi connectivity index (χ1n) is 11.2. The van der Waals surface area contributed by atoms with Crippen molar-refractivity contribution in [2.45, 2.75) is 19.3 Å². The summed E-state index contributed by atoms with van der Waals surface area (Å²) in [7, 11) is -3.42. The Balaban J connectivity index is 1.67. The summed E-state index contributed by atoms with van der Waals surface area (Å²) in [4.78, 5) is 2.29. The van der Waals surface area contributed by atoms with Crippen LogP contribution >= 0.6 is 0 Å². The second-order valence-corrected chi connectivity index (χ2v) is 10.5. The molecule has 1 N–H and O–H groups in total. The third kappa shape index (κ3) is 4.63. The number of anilines is 2. The third-order valence-corrected chi connectivity index (χ3v) is 6.75. The van der Waals surface area contributed by atoms with Gasteiger partial charge < -0.3 is 9.47 Å². The Morgan fingerprint density at radius 2 is 1.62 bits per heavy atom. The Morgan fingerprint density at radius 3 is 2.35 bits per heavy atom. The van der Waals surface area contributed by atoms with Gasteiger partial charge in [-0.3, -0.25) is 4.72 Å². The molecule has 176 valence electrons. The highest BCUT2D eigenvalue weighted by Gasteiger charge is 2.16. The predicted molar refractivity (Wildman–Crippen MR) is 133 cm³/mol. The van der Waals surface area contributed by atoms with Crippen LogP contribution < -0.4 is 9.62 Å². The summed E-state index contributed by atoms with van der Waals surface area (Å²) in [6.07, 6.45) is 6.40. The molecule has 34 heavy (non-hydrogen) atoms. The minimum absolute atomic E-state index is 0.331. The molecular weight excluding hydrogens is 456 g/mol. The van der Waals surface area contributed by atoms with E-state index < -0.39 is 21.7 Å². The van der Waals surface area contributed by atoms with E-state index in [-0.39, 0.29) is 0 Å². The highest BCUT2D eigenvalue weighted by molar-refractivity contribution is 7.92. The van der Waals surface area contributed by atoms with Gasteiger partial charge in [-0.05, 0) is 73.4 Å². The maximum Gasteiger partial charge on any atom is 0.229 e. The number of aromatic nitrogens is 1. The molecule has 0 saturated carbocycles. The molecule has 0 aliphatic carbocycles. The highest BCUT2D eigenvalue weighted by atomic mass is 32.2. The molecule has 1 aromatic heterocycles. The average Bonchev–Trinajstić information content (AvgIpc) is 3.21. The fraction of sp³-hybridized carbons (Fsp3) is 0.231. The fourth-order valence-electron chi connectivity index (χ4n) is 4.58. The molecule has 1 aliphatic rings. The van der Waals surface area contributed by atoms with Crippen molar-refractivity contribution in [2.75, 3.05) is 29.0 Å². The van der Waals surface area contributed by atoms with Crippen molar-refractivity contribution in [1.82, 2.24) is 4.57 Å². The molecule has 1 aliphatic heterocycles. The number of sulfonamides is 1. The van der Waals surface area contributed by atoms with Gasteiger partial charge in [-0.1, -0.05) is 6.07 Å². The van der Waals surface area contributed by atoms with E-state index >= 15 is 0 Å². The lowest BCUT2D eigenvalue weighted by Gasteiger charge is -2.30. The molecule has 2 heterocycles. The van der Waals surface area contributed by atoms with Gasteiger partial charge in [0.2, 0.25) is 10.0 Å². The quantitative estimate of drug-likeness (QED) is 0.384. The minimum atomic E-state index is -3.42. The van der Waals surface area contributed by atoms with Gasteiger partial charge in [-0.15, -0.1) is 0 Å². The van der Waals surface area contributed by atoms with Gasteiger partial charge in [-0.2, -0.15) is 0 Å². The lowest BCUT2D eigenvalue weighted by atomic mass is 10.0. The number of fused-ring (bicyclic) bond motifs is 1. The highest BCUT2D eigenvalue weighted by Crippen LogP contribution is 2.34. The van der Waals surface area contributed by atoms with Crippen molar-refractivity contribution in [3.05, 3.63) is 78.5 Å². The van der Waals surface area contributed by atoms with E-state index in [1.54, 1.807) is 12.1 Å². The van der Waals surface area contributed by atoms with Crippen molar-refractivity contribution in [3.63, 3.8) is 0 Å². The molecule has 4 aromatic rings. The van der Waals surface area contributed by atoms with Gasteiger partial charge in [0.25, 0.3) is 0 Å². The molecule has 1 saturated heterocycles. The van der Waals surface area contributed by atoms with E-state index in [1.807, 2.05) is 35.0 Å². The first kappa shape index (κ1) is 22.4. The van der Waals surface area contributed by atoms with Gasteiger partial charge in [0.15, 0.2) is 0 Å². The molecule has 3 aromatic carbocycles.